The van der Waals surface area contributed by atoms with Crippen molar-refractivity contribution in [2.45, 2.75) is 13.5 Å². The largest absolute Gasteiger partial charge is 0.493 e. The van der Waals surface area contributed by atoms with E-state index in [1.807, 2.05) is 24.4 Å². The Morgan fingerprint density at radius 3 is 2.60 bits per heavy atom. The number of nitrogens with one attached hydrogen (secondary N) is 1. The predicted molar refractivity (Wildman–Crippen MR) is 102 cm³/mol. The van der Waals surface area contributed by atoms with Gasteiger partial charge in [0.25, 0.3) is 0 Å². The number of hydrogen-bond acceptors (Lipinski definition) is 4. The lowest BCUT2D eigenvalue weighted by Crippen LogP contribution is -2.06. The van der Waals surface area contributed by atoms with Crippen LogP contribution < -0.4 is 14.9 Å². The van der Waals surface area contributed by atoms with Gasteiger partial charge in [-0.15, -0.1) is 0 Å². The third-order valence-corrected chi connectivity index (χ3v) is 4.46. The molecule has 1 aromatic heterocycles. The van der Waals surface area contributed by atoms with E-state index >= 15 is 0 Å². The molecule has 1 heterocycles. The minimum absolute atomic E-state index is 0.612. The molecule has 0 aliphatic carbocycles. The van der Waals surface area contributed by atoms with E-state index in [0.717, 1.165) is 22.6 Å². The number of ether oxygens (including phenoxy) is 2. The zero-order chi connectivity index (χ0) is 17.8. The van der Waals surface area contributed by atoms with Crippen LogP contribution in [-0.4, -0.2) is 25.0 Å². The summed E-state index contributed by atoms with van der Waals surface area (Å²) in [5, 5.41) is 5.61. The van der Waals surface area contributed by atoms with Crippen LogP contribution in [0.15, 0.2) is 47.6 Å². The van der Waals surface area contributed by atoms with Gasteiger partial charge in [-0.1, -0.05) is 24.3 Å². The summed E-state index contributed by atoms with van der Waals surface area (Å²) in [6.45, 7) is 2.72. The first-order valence-electron chi connectivity index (χ1n) is 8.16. The predicted octanol–water partition coefficient (Wildman–Crippen LogP) is 3.63. The molecule has 2 aromatic carbocycles. The molecule has 5 nitrogen and oxygen atoms in total. The van der Waals surface area contributed by atoms with Crippen LogP contribution in [0.25, 0.3) is 10.9 Å². The summed E-state index contributed by atoms with van der Waals surface area (Å²) < 4.78 is 12.8. The van der Waals surface area contributed by atoms with Crippen molar-refractivity contribution in [2.24, 2.45) is 12.1 Å². The highest BCUT2D eigenvalue weighted by atomic mass is 16.5. The number of aromatic nitrogens is 1. The summed E-state index contributed by atoms with van der Waals surface area (Å²) in [6, 6.07) is 14.2. The number of para-hydroxylation sites is 1. The number of benzene rings is 2. The molecule has 0 fully saturated rings. The Morgan fingerprint density at radius 2 is 1.84 bits per heavy atom. The molecule has 0 radical (unpaired) electrons. The topological polar surface area (TPSA) is 47.8 Å². The van der Waals surface area contributed by atoms with E-state index in [9.17, 15) is 0 Å². The minimum Gasteiger partial charge on any atom is -0.493 e. The summed E-state index contributed by atoms with van der Waals surface area (Å²) in [5.74, 6) is 1.44. The second-order valence-electron chi connectivity index (χ2n) is 5.86. The Kier molecular flexibility index (Phi) is 4.93. The lowest BCUT2D eigenvalue weighted by molar-refractivity contribution is 0.354. The molecule has 0 aliphatic rings. The van der Waals surface area contributed by atoms with Gasteiger partial charge in [0.1, 0.15) is 0 Å². The third kappa shape index (κ3) is 3.31. The molecule has 5 heteroatoms. The summed E-state index contributed by atoms with van der Waals surface area (Å²) >= 11 is 0. The monoisotopic (exact) mass is 337 g/mol. The van der Waals surface area contributed by atoms with Crippen molar-refractivity contribution in [1.82, 2.24) is 9.99 Å². The zero-order valence-electron chi connectivity index (χ0n) is 15.0. The average Bonchev–Trinajstić information content (AvgIpc) is 2.90. The van der Waals surface area contributed by atoms with Crippen molar-refractivity contribution in [3.63, 3.8) is 0 Å². The molecular weight excluding hydrogens is 314 g/mol. The van der Waals surface area contributed by atoms with Crippen molar-refractivity contribution in [1.29, 1.82) is 0 Å². The molecule has 130 valence electrons. The van der Waals surface area contributed by atoms with Crippen LogP contribution in [0.5, 0.6) is 11.5 Å². The molecular formula is C20H23N3O2. The van der Waals surface area contributed by atoms with Crippen LogP contribution in [0.4, 0.5) is 0 Å². The third-order valence-electron chi connectivity index (χ3n) is 4.46. The van der Waals surface area contributed by atoms with Gasteiger partial charge in [0, 0.05) is 29.2 Å². The first-order chi connectivity index (χ1) is 12.2. The summed E-state index contributed by atoms with van der Waals surface area (Å²) in [4.78, 5) is 0. The van der Waals surface area contributed by atoms with Crippen molar-refractivity contribution >= 4 is 17.1 Å². The van der Waals surface area contributed by atoms with Crippen LogP contribution in [0, 0.1) is 6.92 Å². The maximum atomic E-state index is 5.33. The summed E-state index contributed by atoms with van der Waals surface area (Å²) in [5.41, 5.74) is 7.72. The standard InChI is InChI=1S/C20H23N3O2/c1-14-17(16-7-5-6-8-18(16)23(14)2)13-22-21-12-15-9-10-19(24-3)20(11-15)25-4/h5-11,13,21H,12H2,1-4H3/b22-13-. The molecule has 0 saturated carbocycles. The van der Waals surface area contributed by atoms with Gasteiger partial charge in [0.15, 0.2) is 11.5 Å². The fraction of sp³-hybridized carbons (Fsp3) is 0.250. The van der Waals surface area contributed by atoms with Crippen molar-refractivity contribution < 1.29 is 9.47 Å². The maximum Gasteiger partial charge on any atom is 0.161 e. The van der Waals surface area contributed by atoms with Crippen molar-refractivity contribution in [3.05, 3.63) is 59.3 Å². The number of hydrazone groups is 1. The molecule has 0 unspecified atom stereocenters. The molecule has 0 spiro atoms. The van der Waals surface area contributed by atoms with E-state index in [1.54, 1.807) is 14.2 Å². The van der Waals surface area contributed by atoms with E-state index < -0.39 is 0 Å². The Labute approximate surface area is 147 Å². The van der Waals surface area contributed by atoms with Gasteiger partial charge in [-0.05, 0) is 30.7 Å². The second kappa shape index (κ2) is 7.30. The molecule has 1 N–H and O–H groups in total. The molecule has 0 amide bonds. The Morgan fingerprint density at radius 1 is 1.08 bits per heavy atom. The summed E-state index contributed by atoms with van der Waals surface area (Å²) in [6.07, 6.45) is 1.89. The molecule has 0 atom stereocenters. The van der Waals surface area contributed by atoms with Gasteiger partial charge in [-0.25, -0.2) is 0 Å². The van der Waals surface area contributed by atoms with Gasteiger partial charge in [0.05, 0.1) is 27.0 Å². The van der Waals surface area contributed by atoms with Gasteiger partial charge in [0.2, 0.25) is 0 Å². The zero-order valence-corrected chi connectivity index (χ0v) is 15.0. The van der Waals surface area contributed by atoms with E-state index in [2.05, 4.69) is 53.3 Å². The highest BCUT2D eigenvalue weighted by molar-refractivity contribution is 6.01. The van der Waals surface area contributed by atoms with Crippen molar-refractivity contribution in [3.8, 4) is 11.5 Å². The van der Waals surface area contributed by atoms with Gasteiger partial charge in [-0.2, -0.15) is 5.10 Å². The highest BCUT2D eigenvalue weighted by Gasteiger charge is 2.09. The van der Waals surface area contributed by atoms with Crippen LogP contribution in [0.1, 0.15) is 16.8 Å². The highest BCUT2D eigenvalue weighted by Crippen LogP contribution is 2.27. The van der Waals surface area contributed by atoms with Crippen LogP contribution in [0.3, 0.4) is 0 Å². The lowest BCUT2D eigenvalue weighted by atomic mass is 10.1. The van der Waals surface area contributed by atoms with E-state index in [-0.39, 0.29) is 0 Å². The molecule has 3 aromatic rings. The Balaban J connectivity index is 1.74. The number of methoxy groups -OCH3 is 2. The number of nitrogens with zero attached hydrogens (tertiary/aromatic N) is 2. The number of rotatable bonds is 6. The normalized spacial score (nSPS) is 11.2. The molecule has 0 bridgehead atoms. The quantitative estimate of drug-likeness (QED) is 0.552. The second-order valence-corrected chi connectivity index (χ2v) is 5.86. The molecule has 0 saturated heterocycles. The van der Waals surface area contributed by atoms with E-state index in [4.69, 9.17) is 9.47 Å². The van der Waals surface area contributed by atoms with E-state index in [0.29, 0.717) is 6.54 Å². The molecule has 0 aliphatic heterocycles. The number of hydrogen-bond donors (Lipinski definition) is 1. The Bertz CT molecular complexity index is 913. The first-order valence-corrected chi connectivity index (χ1v) is 8.16. The van der Waals surface area contributed by atoms with E-state index in [1.165, 1.54) is 16.6 Å². The number of aryl methyl sites for hydroxylation is 1. The SMILES string of the molecule is COc1ccc(CN/N=C\c2c(C)n(C)c3ccccc23)cc1OC. The van der Waals surface area contributed by atoms with Crippen LogP contribution >= 0.6 is 0 Å². The van der Waals surface area contributed by atoms with Crippen molar-refractivity contribution in [2.75, 3.05) is 14.2 Å². The smallest absolute Gasteiger partial charge is 0.161 e. The fourth-order valence-corrected chi connectivity index (χ4v) is 2.95. The van der Waals surface area contributed by atoms with Crippen LogP contribution in [0.2, 0.25) is 0 Å². The summed E-state index contributed by atoms with van der Waals surface area (Å²) in [7, 11) is 5.34. The Hall–Kier alpha value is -2.95. The maximum absolute atomic E-state index is 5.33. The first kappa shape index (κ1) is 16.9. The van der Waals surface area contributed by atoms with Crippen LogP contribution in [-0.2, 0) is 13.6 Å². The molecule has 3 rings (SSSR count). The minimum atomic E-state index is 0.612. The fourth-order valence-electron chi connectivity index (χ4n) is 2.95. The van der Waals surface area contributed by atoms with Gasteiger partial charge in [-0.3, -0.25) is 0 Å². The van der Waals surface area contributed by atoms with Gasteiger partial charge >= 0.3 is 0 Å². The number of fused-ring (bicyclic) bond motifs is 1. The average molecular weight is 337 g/mol. The lowest BCUT2D eigenvalue weighted by Gasteiger charge is -2.09. The van der Waals surface area contributed by atoms with Gasteiger partial charge < -0.3 is 19.5 Å². The molecule has 25 heavy (non-hydrogen) atoms.